The Morgan fingerprint density at radius 2 is 1.21 bits per heavy atom. The molecular formula is C30H38N2O. The van der Waals surface area contributed by atoms with Gasteiger partial charge in [-0.2, -0.15) is 0 Å². The molecule has 0 saturated heterocycles. The molecule has 33 heavy (non-hydrogen) atoms. The number of rotatable bonds is 12. The first-order valence-corrected chi connectivity index (χ1v) is 12.5. The monoisotopic (exact) mass is 442 g/mol. The molecular weight excluding hydrogens is 404 g/mol. The Hall–Kier alpha value is -2.46. The van der Waals surface area contributed by atoms with Crippen molar-refractivity contribution in [3.8, 4) is 0 Å². The predicted molar refractivity (Wildman–Crippen MR) is 137 cm³/mol. The Morgan fingerprint density at radius 1 is 0.727 bits per heavy atom. The second kappa shape index (κ2) is 12.7. The molecule has 3 aromatic rings. The Morgan fingerprint density at radius 3 is 1.73 bits per heavy atom. The van der Waals surface area contributed by atoms with E-state index in [1.165, 1.54) is 42.4 Å². The van der Waals surface area contributed by atoms with Crippen LogP contribution in [0.5, 0.6) is 0 Å². The number of aliphatic hydroxyl groups excluding tert-OH is 1. The van der Waals surface area contributed by atoms with Crippen molar-refractivity contribution >= 4 is 0 Å². The van der Waals surface area contributed by atoms with Crippen LogP contribution in [-0.2, 0) is 19.5 Å². The van der Waals surface area contributed by atoms with Crippen LogP contribution in [0.4, 0.5) is 0 Å². The molecule has 4 rings (SSSR count). The van der Waals surface area contributed by atoms with E-state index >= 15 is 0 Å². The van der Waals surface area contributed by atoms with Crippen LogP contribution in [0, 0.1) is 5.92 Å². The topological polar surface area (TPSA) is 35.5 Å². The minimum absolute atomic E-state index is 0.0175. The van der Waals surface area contributed by atoms with Crippen molar-refractivity contribution < 1.29 is 5.11 Å². The van der Waals surface area contributed by atoms with Crippen molar-refractivity contribution in [3.63, 3.8) is 0 Å². The van der Waals surface area contributed by atoms with E-state index in [0.29, 0.717) is 6.54 Å². The summed E-state index contributed by atoms with van der Waals surface area (Å²) < 4.78 is 0. The van der Waals surface area contributed by atoms with Gasteiger partial charge in [0, 0.05) is 25.7 Å². The first-order valence-electron chi connectivity index (χ1n) is 12.5. The van der Waals surface area contributed by atoms with Crippen molar-refractivity contribution in [1.82, 2.24) is 10.2 Å². The molecule has 0 aromatic heterocycles. The van der Waals surface area contributed by atoms with Crippen molar-refractivity contribution in [2.45, 2.75) is 57.3 Å². The van der Waals surface area contributed by atoms with Gasteiger partial charge < -0.3 is 10.4 Å². The summed E-state index contributed by atoms with van der Waals surface area (Å²) in [5.74, 6) is 0.773. The van der Waals surface area contributed by atoms with Gasteiger partial charge in [-0.3, -0.25) is 4.90 Å². The molecule has 3 heteroatoms. The van der Waals surface area contributed by atoms with E-state index in [2.05, 4.69) is 101 Å². The summed E-state index contributed by atoms with van der Waals surface area (Å²) in [6, 6.07) is 31.9. The molecule has 0 heterocycles. The van der Waals surface area contributed by atoms with E-state index in [1.54, 1.807) is 0 Å². The zero-order chi connectivity index (χ0) is 22.7. The summed E-state index contributed by atoms with van der Waals surface area (Å²) >= 11 is 0. The normalized spacial score (nSPS) is 16.2. The molecule has 0 bridgehead atoms. The average molecular weight is 443 g/mol. The van der Waals surface area contributed by atoms with Gasteiger partial charge in [-0.25, -0.2) is 0 Å². The maximum absolute atomic E-state index is 11.5. The minimum Gasteiger partial charge on any atom is -0.390 e. The van der Waals surface area contributed by atoms with Crippen LogP contribution in [0.15, 0.2) is 91.0 Å². The summed E-state index contributed by atoms with van der Waals surface area (Å²) in [6.07, 6.45) is 5.74. The van der Waals surface area contributed by atoms with E-state index < -0.39 is 6.10 Å². The fourth-order valence-corrected chi connectivity index (χ4v) is 5.08. The molecule has 1 saturated carbocycles. The Labute approximate surface area is 199 Å². The average Bonchev–Trinajstić information content (AvgIpc) is 3.38. The van der Waals surface area contributed by atoms with Crippen LogP contribution in [0.2, 0.25) is 0 Å². The molecule has 0 radical (unpaired) electrons. The lowest BCUT2D eigenvalue weighted by atomic mass is 9.97. The quantitative estimate of drug-likeness (QED) is 0.392. The lowest BCUT2D eigenvalue weighted by Gasteiger charge is -2.36. The highest BCUT2D eigenvalue weighted by Gasteiger charge is 2.27. The van der Waals surface area contributed by atoms with Crippen molar-refractivity contribution in [3.05, 3.63) is 108 Å². The van der Waals surface area contributed by atoms with Crippen LogP contribution in [0.1, 0.15) is 42.4 Å². The van der Waals surface area contributed by atoms with Crippen LogP contribution in [0.3, 0.4) is 0 Å². The number of nitrogens with zero attached hydrogens (tertiary/aromatic N) is 1. The van der Waals surface area contributed by atoms with E-state index in [-0.39, 0.29) is 6.04 Å². The molecule has 1 aliphatic carbocycles. The molecule has 0 amide bonds. The predicted octanol–water partition coefficient (Wildman–Crippen LogP) is 5.44. The van der Waals surface area contributed by atoms with E-state index in [9.17, 15) is 5.11 Å². The molecule has 3 nitrogen and oxygen atoms in total. The van der Waals surface area contributed by atoms with Crippen molar-refractivity contribution in [2.75, 3.05) is 13.1 Å². The molecule has 2 N–H and O–H groups in total. The molecule has 0 spiro atoms. The maximum Gasteiger partial charge on any atom is 0.0822 e. The van der Waals surface area contributed by atoms with Crippen LogP contribution in [-0.4, -0.2) is 35.2 Å². The van der Waals surface area contributed by atoms with Crippen LogP contribution in [0.25, 0.3) is 0 Å². The van der Waals surface area contributed by atoms with Gasteiger partial charge in [0.05, 0.1) is 6.10 Å². The fourth-order valence-electron chi connectivity index (χ4n) is 5.08. The fraction of sp³-hybridized carbons (Fsp3) is 0.400. The highest BCUT2D eigenvalue weighted by atomic mass is 16.3. The van der Waals surface area contributed by atoms with Gasteiger partial charge in [0.2, 0.25) is 0 Å². The first-order chi connectivity index (χ1) is 16.3. The van der Waals surface area contributed by atoms with Gasteiger partial charge in [-0.15, -0.1) is 0 Å². The third-order valence-electron chi connectivity index (χ3n) is 6.92. The summed E-state index contributed by atoms with van der Waals surface area (Å²) in [4.78, 5) is 2.46. The number of hydrogen-bond acceptors (Lipinski definition) is 3. The molecule has 0 unspecified atom stereocenters. The Balaban J connectivity index is 1.53. The second-order valence-corrected chi connectivity index (χ2v) is 9.51. The smallest absolute Gasteiger partial charge is 0.0822 e. The second-order valence-electron chi connectivity index (χ2n) is 9.51. The summed E-state index contributed by atoms with van der Waals surface area (Å²) in [6.45, 7) is 3.28. The van der Waals surface area contributed by atoms with Crippen molar-refractivity contribution in [1.29, 1.82) is 0 Å². The molecule has 2 atom stereocenters. The number of hydrogen-bond donors (Lipinski definition) is 2. The minimum atomic E-state index is -0.445. The maximum atomic E-state index is 11.5. The first kappa shape index (κ1) is 23.7. The van der Waals surface area contributed by atoms with E-state index in [0.717, 1.165) is 32.0 Å². The van der Waals surface area contributed by atoms with Crippen LogP contribution >= 0.6 is 0 Å². The van der Waals surface area contributed by atoms with Gasteiger partial charge >= 0.3 is 0 Å². The van der Waals surface area contributed by atoms with E-state index in [1.807, 2.05) is 0 Å². The Bertz CT molecular complexity index is 868. The standard InChI is InChI=1S/C30H38N2O/c33-30(22-31-21-26-14-10-11-15-26)29(20-25-12-4-1-5-13-25)32(23-27-16-6-2-7-17-27)24-28-18-8-3-9-19-28/h1-9,12-13,16-19,26,29-31,33H,10-11,14-15,20-24H2/t29-,30+/m0/s1. The highest BCUT2D eigenvalue weighted by Crippen LogP contribution is 2.24. The Kier molecular flexibility index (Phi) is 9.11. The summed E-state index contributed by atoms with van der Waals surface area (Å²) in [5, 5.41) is 15.1. The van der Waals surface area contributed by atoms with Gasteiger partial charge in [0.25, 0.3) is 0 Å². The lowest BCUT2D eigenvalue weighted by molar-refractivity contribution is 0.0389. The molecule has 3 aromatic carbocycles. The zero-order valence-corrected chi connectivity index (χ0v) is 19.7. The molecule has 0 aliphatic heterocycles. The van der Waals surface area contributed by atoms with Crippen molar-refractivity contribution in [2.24, 2.45) is 5.92 Å². The highest BCUT2D eigenvalue weighted by molar-refractivity contribution is 5.20. The third-order valence-corrected chi connectivity index (χ3v) is 6.92. The SMILES string of the molecule is O[C@H](CNCC1CCCC1)[C@H](Cc1ccccc1)N(Cc1ccccc1)Cc1ccccc1. The lowest BCUT2D eigenvalue weighted by Crippen LogP contribution is -2.48. The van der Waals surface area contributed by atoms with E-state index in [4.69, 9.17) is 0 Å². The largest absolute Gasteiger partial charge is 0.390 e. The molecule has 1 aliphatic rings. The molecule has 1 fully saturated rings. The number of aliphatic hydroxyl groups is 1. The number of benzene rings is 3. The van der Waals surface area contributed by atoms with Gasteiger partial charge in [-0.05, 0) is 48.4 Å². The van der Waals surface area contributed by atoms with Crippen LogP contribution < -0.4 is 5.32 Å². The van der Waals surface area contributed by atoms with Gasteiger partial charge in [0.1, 0.15) is 0 Å². The zero-order valence-electron chi connectivity index (χ0n) is 19.7. The van der Waals surface area contributed by atoms with Gasteiger partial charge in [0.15, 0.2) is 0 Å². The summed E-state index contributed by atoms with van der Waals surface area (Å²) in [7, 11) is 0. The molecule has 174 valence electrons. The number of nitrogens with one attached hydrogen (secondary N) is 1. The van der Waals surface area contributed by atoms with Gasteiger partial charge in [-0.1, -0.05) is 104 Å². The third kappa shape index (κ3) is 7.53. The summed E-state index contributed by atoms with van der Waals surface area (Å²) in [5.41, 5.74) is 3.82.